The zero-order valence-corrected chi connectivity index (χ0v) is 13.8. The summed E-state index contributed by atoms with van der Waals surface area (Å²) >= 11 is 5.97. The number of halogens is 1. The maximum atomic E-state index is 12.7. The summed E-state index contributed by atoms with van der Waals surface area (Å²) < 4.78 is 5.58. The van der Waals surface area contributed by atoms with Crippen LogP contribution in [-0.2, 0) is 6.54 Å². The maximum absolute atomic E-state index is 12.7. The smallest absolute Gasteiger partial charge is 0.327 e. The third-order valence-electron chi connectivity index (χ3n) is 3.36. The molecule has 0 radical (unpaired) electrons. The van der Waals surface area contributed by atoms with Gasteiger partial charge in [0.25, 0.3) is 0 Å². The van der Waals surface area contributed by atoms with Crippen molar-refractivity contribution in [1.82, 2.24) is 4.98 Å². The Kier molecular flexibility index (Phi) is 4.82. The topological polar surface area (TPSA) is 58.4 Å². The van der Waals surface area contributed by atoms with Crippen molar-refractivity contribution in [2.45, 2.75) is 13.5 Å². The minimum Gasteiger partial charge on any atom is -0.464 e. The number of pyridine rings is 1. The van der Waals surface area contributed by atoms with Crippen LogP contribution in [0.3, 0.4) is 0 Å². The molecule has 5 nitrogen and oxygen atoms in total. The van der Waals surface area contributed by atoms with Crippen LogP contribution in [0.4, 0.5) is 16.3 Å². The van der Waals surface area contributed by atoms with Crippen molar-refractivity contribution < 1.29 is 9.21 Å². The highest BCUT2D eigenvalue weighted by Gasteiger charge is 2.19. The van der Waals surface area contributed by atoms with Crippen molar-refractivity contribution in [3.05, 3.63) is 77.3 Å². The van der Waals surface area contributed by atoms with E-state index in [1.54, 1.807) is 42.6 Å². The molecule has 0 aliphatic carbocycles. The largest absolute Gasteiger partial charge is 0.464 e. The van der Waals surface area contributed by atoms with Gasteiger partial charge in [-0.05, 0) is 49.4 Å². The average Bonchev–Trinajstić information content (AvgIpc) is 2.98. The van der Waals surface area contributed by atoms with Gasteiger partial charge in [0.15, 0.2) is 0 Å². The monoisotopic (exact) mass is 341 g/mol. The Bertz CT molecular complexity index is 833. The fourth-order valence-corrected chi connectivity index (χ4v) is 2.44. The predicted molar refractivity (Wildman–Crippen MR) is 94.3 cm³/mol. The molecule has 2 heterocycles. The summed E-state index contributed by atoms with van der Waals surface area (Å²) in [6.07, 6.45) is 1.64. The number of carbonyl (C=O) groups is 1. The van der Waals surface area contributed by atoms with Gasteiger partial charge in [-0.25, -0.2) is 9.78 Å². The second-order valence-electron chi connectivity index (χ2n) is 5.23. The fraction of sp³-hybridized carbons (Fsp3) is 0.111. The number of nitrogens with one attached hydrogen (secondary N) is 1. The first-order valence-corrected chi connectivity index (χ1v) is 7.80. The lowest BCUT2D eigenvalue weighted by Gasteiger charge is -2.21. The Balaban J connectivity index is 1.84. The second kappa shape index (κ2) is 7.19. The van der Waals surface area contributed by atoms with Crippen molar-refractivity contribution in [3.63, 3.8) is 0 Å². The van der Waals surface area contributed by atoms with Crippen LogP contribution >= 0.6 is 11.6 Å². The molecule has 0 saturated heterocycles. The van der Waals surface area contributed by atoms with Crippen LogP contribution in [0, 0.1) is 6.92 Å². The van der Waals surface area contributed by atoms with Gasteiger partial charge in [0, 0.05) is 16.9 Å². The molecule has 122 valence electrons. The molecule has 1 N–H and O–H groups in total. The van der Waals surface area contributed by atoms with Crippen LogP contribution in [0.25, 0.3) is 0 Å². The van der Waals surface area contributed by atoms with E-state index < -0.39 is 0 Å². The van der Waals surface area contributed by atoms with Gasteiger partial charge in [-0.2, -0.15) is 0 Å². The number of urea groups is 1. The zero-order chi connectivity index (χ0) is 16.9. The van der Waals surface area contributed by atoms with Gasteiger partial charge in [-0.1, -0.05) is 23.7 Å². The molecule has 0 bridgehead atoms. The van der Waals surface area contributed by atoms with Crippen LogP contribution in [-0.4, -0.2) is 11.0 Å². The SMILES string of the molecule is Cc1ccc(CN(C(=O)Nc2cccc(Cl)c2)c2ccccn2)o1. The van der Waals surface area contributed by atoms with E-state index in [0.29, 0.717) is 22.3 Å². The number of aromatic nitrogens is 1. The fourth-order valence-electron chi connectivity index (χ4n) is 2.25. The van der Waals surface area contributed by atoms with E-state index in [0.717, 1.165) is 5.76 Å². The summed E-state index contributed by atoms with van der Waals surface area (Å²) in [6.45, 7) is 2.14. The number of rotatable bonds is 4. The Morgan fingerprint density at radius 3 is 2.75 bits per heavy atom. The highest BCUT2D eigenvalue weighted by atomic mass is 35.5. The van der Waals surface area contributed by atoms with Gasteiger partial charge in [0.1, 0.15) is 17.3 Å². The summed E-state index contributed by atoms with van der Waals surface area (Å²) in [6, 6.07) is 15.8. The average molecular weight is 342 g/mol. The van der Waals surface area contributed by atoms with Gasteiger partial charge in [-0.15, -0.1) is 0 Å². The molecule has 0 spiro atoms. The highest BCUT2D eigenvalue weighted by Crippen LogP contribution is 2.19. The molecule has 0 saturated carbocycles. The molecule has 0 aliphatic rings. The lowest BCUT2D eigenvalue weighted by atomic mass is 10.3. The molecule has 24 heavy (non-hydrogen) atoms. The van der Waals surface area contributed by atoms with E-state index in [1.807, 2.05) is 25.1 Å². The van der Waals surface area contributed by atoms with Gasteiger partial charge < -0.3 is 9.73 Å². The van der Waals surface area contributed by atoms with Crippen molar-refractivity contribution >= 4 is 29.1 Å². The molecule has 3 rings (SSSR count). The third kappa shape index (κ3) is 3.94. The highest BCUT2D eigenvalue weighted by molar-refractivity contribution is 6.30. The normalized spacial score (nSPS) is 10.4. The molecule has 0 aliphatic heterocycles. The lowest BCUT2D eigenvalue weighted by Crippen LogP contribution is -2.35. The summed E-state index contributed by atoms with van der Waals surface area (Å²) in [7, 11) is 0. The van der Waals surface area contributed by atoms with Gasteiger partial charge in [0.2, 0.25) is 0 Å². The number of aryl methyl sites for hydroxylation is 1. The van der Waals surface area contributed by atoms with Crippen molar-refractivity contribution in [2.75, 3.05) is 10.2 Å². The molecular formula is C18H16ClN3O2. The first kappa shape index (κ1) is 16.1. The van der Waals surface area contributed by atoms with E-state index >= 15 is 0 Å². The number of amides is 2. The number of nitrogens with zero attached hydrogens (tertiary/aromatic N) is 2. The van der Waals surface area contributed by atoms with Crippen LogP contribution in [0.1, 0.15) is 11.5 Å². The van der Waals surface area contributed by atoms with Crippen LogP contribution in [0.2, 0.25) is 5.02 Å². The number of hydrogen-bond acceptors (Lipinski definition) is 3. The van der Waals surface area contributed by atoms with Crippen molar-refractivity contribution in [1.29, 1.82) is 0 Å². The van der Waals surface area contributed by atoms with Gasteiger partial charge in [-0.3, -0.25) is 4.90 Å². The lowest BCUT2D eigenvalue weighted by molar-refractivity contribution is 0.256. The van der Waals surface area contributed by atoms with Gasteiger partial charge in [0.05, 0.1) is 6.54 Å². The Morgan fingerprint density at radius 1 is 1.21 bits per heavy atom. The minimum absolute atomic E-state index is 0.275. The quantitative estimate of drug-likeness (QED) is 0.736. The standard InChI is InChI=1S/C18H16ClN3O2/c1-13-8-9-16(24-13)12-22(17-7-2-3-10-20-17)18(23)21-15-6-4-5-14(19)11-15/h2-11H,12H2,1H3,(H,21,23). The summed E-state index contributed by atoms with van der Waals surface area (Å²) in [5.74, 6) is 2.01. The molecule has 6 heteroatoms. The predicted octanol–water partition coefficient (Wildman–Crippen LogP) is 4.88. The molecule has 2 amide bonds. The molecule has 0 fully saturated rings. The Hall–Kier alpha value is -2.79. The van der Waals surface area contributed by atoms with E-state index in [1.165, 1.54) is 4.90 Å². The summed E-state index contributed by atoms with van der Waals surface area (Å²) in [5, 5.41) is 3.38. The molecule has 1 aromatic carbocycles. The van der Waals surface area contributed by atoms with E-state index in [-0.39, 0.29) is 12.6 Å². The number of hydrogen-bond donors (Lipinski definition) is 1. The molecule has 0 atom stereocenters. The third-order valence-corrected chi connectivity index (χ3v) is 3.59. The summed E-state index contributed by atoms with van der Waals surface area (Å²) in [4.78, 5) is 18.5. The molecule has 2 aromatic heterocycles. The van der Waals surface area contributed by atoms with E-state index in [4.69, 9.17) is 16.0 Å². The van der Waals surface area contributed by atoms with Crippen LogP contribution in [0.15, 0.2) is 65.2 Å². The molecule has 0 unspecified atom stereocenters. The van der Waals surface area contributed by atoms with Crippen LogP contribution in [0.5, 0.6) is 0 Å². The summed E-state index contributed by atoms with van der Waals surface area (Å²) in [5.41, 5.74) is 0.615. The number of benzene rings is 1. The minimum atomic E-state index is -0.315. The Morgan fingerprint density at radius 2 is 2.08 bits per heavy atom. The zero-order valence-electron chi connectivity index (χ0n) is 13.1. The first-order valence-electron chi connectivity index (χ1n) is 7.42. The number of carbonyl (C=O) groups excluding carboxylic acids is 1. The van der Waals surface area contributed by atoms with Crippen LogP contribution < -0.4 is 10.2 Å². The van der Waals surface area contributed by atoms with Crippen molar-refractivity contribution in [2.24, 2.45) is 0 Å². The molecular weight excluding hydrogens is 326 g/mol. The first-order chi connectivity index (χ1) is 11.6. The number of anilines is 2. The Labute approximate surface area is 144 Å². The van der Waals surface area contributed by atoms with Crippen molar-refractivity contribution in [3.8, 4) is 0 Å². The second-order valence-corrected chi connectivity index (χ2v) is 5.66. The van der Waals surface area contributed by atoms with E-state index in [2.05, 4.69) is 10.3 Å². The van der Waals surface area contributed by atoms with E-state index in [9.17, 15) is 4.79 Å². The maximum Gasteiger partial charge on any atom is 0.327 e. The van der Waals surface area contributed by atoms with Gasteiger partial charge >= 0.3 is 6.03 Å². The number of furan rings is 1. The molecule has 3 aromatic rings.